The highest BCUT2D eigenvalue weighted by atomic mass is 32.2. The SMILES string of the molecule is CN1CCN(c2ccc3nc(-c4ccc5nc(-c6ccc(OCCCCNC(=O)CCS(=O)CC[Si]7(C)C8=CC(=[N+](C)C)C=CC8=C(c8ccccc8C(=O)O)c8ccc(N(C)C)cc87)cc6)[nH]c5c4)[nH]c3c2)CC1. The zero-order valence-electron chi connectivity index (χ0n) is 43.7. The molecular formula is C59H66N9O5SSi+. The number of benzene rings is 5. The van der Waals surface area contributed by atoms with Crippen LogP contribution in [0, 0.1) is 0 Å². The molecule has 10 rings (SSSR count). The summed E-state index contributed by atoms with van der Waals surface area (Å²) in [6.07, 6.45) is 8.17. The number of imidazole rings is 2. The van der Waals surface area contributed by atoms with E-state index in [2.05, 4.69) is 115 Å². The molecule has 7 aromatic rings. The number of fused-ring (bicyclic) bond motifs is 4. The van der Waals surface area contributed by atoms with Crippen molar-refractivity contribution < 1.29 is 28.2 Å². The summed E-state index contributed by atoms with van der Waals surface area (Å²) in [5.74, 6) is 2.02. The first-order valence-corrected chi connectivity index (χ1v) is 30.0. The van der Waals surface area contributed by atoms with Gasteiger partial charge in [0.15, 0.2) is 5.71 Å². The number of unbranched alkanes of at least 4 members (excludes halogenated alkanes) is 1. The largest absolute Gasteiger partial charge is 0.494 e. The van der Waals surface area contributed by atoms with Gasteiger partial charge in [-0.25, -0.2) is 19.3 Å². The number of aromatic amines is 2. The van der Waals surface area contributed by atoms with Crippen LogP contribution >= 0.6 is 0 Å². The summed E-state index contributed by atoms with van der Waals surface area (Å²) in [6, 6.07) is 35.0. The van der Waals surface area contributed by atoms with E-state index < -0.39 is 24.8 Å². The van der Waals surface area contributed by atoms with E-state index in [-0.39, 0.29) is 23.6 Å². The third-order valence-corrected chi connectivity index (χ3v) is 21.1. The van der Waals surface area contributed by atoms with Crippen LogP contribution in [0.15, 0.2) is 132 Å². The van der Waals surface area contributed by atoms with E-state index in [1.165, 1.54) is 16.1 Å². The summed E-state index contributed by atoms with van der Waals surface area (Å²) in [5.41, 5.74) is 12.9. The second kappa shape index (κ2) is 21.8. The number of aromatic carboxylic acids is 1. The first-order chi connectivity index (χ1) is 36.2. The normalized spacial score (nSPS) is 17.0. The lowest BCUT2D eigenvalue weighted by molar-refractivity contribution is -0.462. The number of carbonyl (C=O) groups is 2. The van der Waals surface area contributed by atoms with E-state index >= 15 is 0 Å². The maximum atomic E-state index is 13.8. The van der Waals surface area contributed by atoms with Gasteiger partial charge in [-0.3, -0.25) is 9.00 Å². The Morgan fingerprint density at radius 1 is 0.827 bits per heavy atom. The highest BCUT2D eigenvalue weighted by Crippen LogP contribution is 2.44. The Kier molecular flexibility index (Phi) is 14.9. The molecule has 386 valence electrons. The van der Waals surface area contributed by atoms with Crippen molar-refractivity contribution in [2.24, 2.45) is 0 Å². The fraction of sp³-hybridized carbons (Fsp3) is 0.305. The fourth-order valence-electron chi connectivity index (χ4n) is 10.5. The van der Waals surface area contributed by atoms with E-state index in [0.717, 1.165) is 118 Å². The summed E-state index contributed by atoms with van der Waals surface area (Å²) in [7, 11) is 6.41. The summed E-state index contributed by atoms with van der Waals surface area (Å²) >= 11 is 0. The van der Waals surface area contributed by atoms with Crippen molar-refractivity contribution in [3.8, 4) is 28.5 Å². The molecule has 4 heterocycles. The Morgan fingerprint density at radius 2 is 1.53 bits per heavy atom. The molecule has 2 unspecified atom stereocenters. The van der Waals surface area contributed by atoms with Crippen molar-refractivity contribution in [2.75, 3.05) is 95.9 Å². The van der Waals surface area contributed by atoms with Crippen LogP contribution in [-0.2, 0) is 15.6 Å². The van der Waals surface area contributed by atoms with Gasteiger partial charge in [-0.05, 0) is 144 Å². The third kappa shape index (κ3) is 10.9. The van der Waals surface area contributed by atoms with Gasteiger partial charge in [-0.15, -0.1) is 0 Å². The van der Waals surface area contributed by atoms with E-state index in [0.29, 0.717) is 30.5 Å². The summed E-state index contributed by atoms with van der Waals surface area (Å²) < 4.78 is 21.9. The number of allylic oxidation sites excluding steroid dienone is 5. The molecule has 1 aliphatic carbocycles. The second-order valence-electron chi connectivity index (χ2n) is 20.5. The zero-order valence-corrected chi connectivity index (χ0v) is 45.5. The van der Waals surface area contributed by atoms with Crippen LogP contribution in [0.1, 0.15) is 40.7 Å². The van der Waals surface area contributed by atoms with Gasteiger partial charge in [0.2, 0.25) is 5.91 Å². The highest BCUT2D eigenvalue weighted by molar-refractivity contribution is 7.85. The van der Waals surface area contributed by atoms with Crippen LogP contribution in [0.3, 0.4) is 0 Å². The lowest BCUT2D eigenvalue weighted by Crippen LogP contribution is -2.53. The Morgan fingerprint density at radius 3 is 2.27 bits per heavy atom. The first-order valence-electron chi connectivity index (χ1n) is 25.8. The Hall–Kier alpha value is -7.40. The number of aromatic nitrogens is 4. The molecule has 1 saturated heterocycles. The predicted octanol–water partition coefficient (Wildman–Crippen LogP) is 8.25. The molecular weight excluding hydrogens is 975 g/mol. The molecule has 14 nitrogen and oxygen atoms in total. The number of amides is 1. The predicted molar refractivity (Wildman–Crippen MR) is 307 cm³/mol. The van der Waals surface area contributed by atoms with Gasteiger partial charge in [0.25, 0.3) is 0 Å². The minimum Gasteiger partial charge on any atom is -0.494 e. The van der Waals surface area contributed by atoms with E-state index in [1.54, 1.807) is 12.1 Å². The van der Waals surface area contributed by atoms with Crippen molar-refractivity contribution in [1.82, 2.24) is 30.2 Å². The molecule has 2 atom stereocenters. The smallest absolute Gasteiger partial charge is 0.336 e. The van der Waals surface area contributed by atoms with Gasteiger partial charge in [0.1, 0.15) is 39.6 Å². The van der Waals surface area contributed by atoms with E-state index in [1.807, 2.05) is 70.7 Å². The number of carboxylic acids is 1. The van der Waals surface area contributed by atoms with Gasteiger partial charge < -0.3 is 39.8 Å². The fourth-order valence-corrected chi connectivity index (χ4v) is 17.0. The number of H-pyrrole nitrogens is 2. The van der Waals surface area contributed by atoms with Crippen molar-refractivity contribution in [1.29, 1.82) is 0 Å². The number of hydrogen-bond donors (Lipinski definition) is 4. The molecule has 16 heteroatoms. The molecule has 1 amide bonds. The molecule has 75 heavy (non-hydrogen) atoms. The maximum absolute atomic E-state index is 13.8. The molecule has 5 aromatic carbocycles. The van der Waals surface area contributed by atoms with Crippen LogP contribution in [0.4, 0.5) is 11.4 Å². The van der Waals surface area contributed by atoms with Gasteiger partial charge in [-0.2, -0.15) is 0 Å². The molecule has 2 aromatic heterocycles. The number of anilines is 2. The van der Waals surface area contributed by atoms with Gasteiger partial charge >= 0.3 is 5.97 Å². The van der Waals surface area contributed by atoms with E-state index in [9.17, 15) is 18.9 Å². The second-order valence-corrected chi connectivity index (χ2v) is 26.4. The number of nitrogens with zero attached hydrogens (tertiary/aromatic N) is 6. The number of carboxylic acid groups (broad SMARTS) is 1. The lowest BCUT2D eigenvalue weighted by atomic mass is 9.87. The van der Waals surface area contributed by atoms with Crippen molar-refractivity contribution in [3.05, 3.63) is 149 Å². The van der Waals surface area contributed by atoms with Crippen LogP contribution in [0.25, 0.3) is 50.4 Å². The van der Waals surface area contributed by atoms with Gasteiger partial charge in [-0.1, -0.05) is 30.8 Å². The van der Waals surface area contributed by atoms with E-state index in [4.69, 9.17) is 14.7 Å². The summed E-state index contributed by atoms with van der Waals surface area (Å²) in [5, 5.41) is 15.7. The molecule has 1 fully saturated rings. The Balaban J connectivity index is 0.701. The molecule has 0 spiro atoms. The minimum atomic E-state index is -2.61. The summed E-state index contributed by atoms with van der Waals surface area (Å²) in [6.45, 7) is 7.53. The number of ether oxygens (including phenoxy) is 1. The monoisotopic (exact) mass is 1040 g/mol. The Bertz CT molecular complexity index is 3470. The molecule has 3 aliphatic rings. The Labute approximate surface area is 442 Å². The molecule has 0 radical (unpaired) electrons. The zero-order chi connectivity index (χ0) is 52.4. The number of rotatable bonds is 18. The topological polar surface area (TPSA) is 163 Å². The molecule has 2 aliphatic heterocycles. The maximum Gasteiger partial charge on any atom is 0.336 e. The molecule has 0 bridgehead atoms. The van der Waals surface area contributed by atoms with Crippen LogP contribution < -0.4 is 25.0 Å². The average Bonchev–Trinajstić information content (AvgIpc) is 4.06. The number of carbonyl (C=O) groups excluding carboxylic acids is 1. The van der Waals surface area contributed by atoms with Crippen molar-refractivity contribution >= 4 is 80.7 Å². The number of nitrogens with one attached hydrogen (secondary N) is 3. The highest BCUT2D eigenvalue weighted by Gasteiger charge is 2.44. The van der Waals surface area contributed by atoms with Crippen molar-refractivity contribution in [3.63, 3.8) is 0 Å². The minimum absolute atomic E-state index is 0.106. The number of hydrogen-bond acceptors (Lipinski definition) is 9. The standard InChI is InChI=1S/C59H65N9O5SSi/c1-65(2)41-16-21-47-53(37-41)75(6,54-38-42(66(3)4)17-22-48(54)56(47)45-11-7-8-12-46(45)59(70)71)34-33-74(72)32-25-55(69)60-26-9-10-31-73-44-19-13-39(14-20-44)57-61-49-23-15-40(35-51(49)63-57)58-62-50-24-18-43(36-52(50)64-58)68-29-27-67(5)28-30-68/h7-8,11-24,35-38H,9-10,25-34H2,1-6H3,(H3-,60,61,62,63,64,69,70,71)/p+1. The first kappa shape index (κ1) is 51.1. The van der Waals surface area contributed by atoms with Crippen LogP contribution in [-0.4, -0.2) is 150 Å². The van der Waals surface area contributed by atoms with Crippen LogP contribution in [0.2, 0.25) is 12.6 Å². The van der Waals surface area contributed by atoms with Gasteiger partial charge in [0, 0.05) is 110 Å². The van der Waals surface area contributed by atoms with Crippen LogP contribution in [0.5, 0.6) is 5.75 Å². The molecule has 4 N–H and O–H groups in total. The lowest BCUT2D eigenvalue weighted by Gasteiger charge is -2.40. The quantitative estimate of drug-likeness (QED) is 0.0374. The van der Waals surface area contributed by atoms with Gasteiger partial charge in [0.05, 0.1) is 34.2 Å². The molecule has 0 saturated carbocycles. The summed E-state index contributed by atoms with van der Waals surface area (Å²) in [4.78, 5) is 49.3. The third-order valence-electron chi connectivity index (χ3n) is 15.0. The number of likely N-dealkylation sites (N-methyl/N-ethyl adjacent to an activating group) is 1. The average molecular weight is 1040 g/mol. The van der Waals surface area contributed by atoms with Crippen molar-refractivity contribution in [2.45, 2.75) is 31.9 Å². The number of piperazine rings is 1.